The van der Waals surface area contributed by atoms with Crippen molar-refractivity contribution in [1.82, 2.24) is 26.3 Å². The highest BCUT2D eigenvalue weighted by molar-refractivity contribution is 6.13. The first-order valence-corrected chi connectivity index (χ1v) is 20.4. The van der Waals surface area contributed by atoms with Crippen molar-refractivity contribution >= 4 is 11.7 Å². The first kappa shape index (κ1) is 38.0. The maximum Gasteiger partial charge on any atom is 0.159 e. The van der Waals surface area contributed by atoms with Crippen LogP contribution in [0.3, 0.4) is 0 Å². The second-order valence-corrected chi connectivity index (χ2v) is 16.0. The summed E-state index contributed by atoms with van der Waals surface area (Å²) in [6.07, 6.45) is -0.845. The Bertz CT molecular complexity index is 2660. The monoisotopic (exact) mass is 771 g/mol. The molecule has 1 saturated heterocycles. The Balaban J connectivity index is 1.18. The normalized spacial score (nSPS) is 19.1. The van der Waals surface area contributed by atoms with Crippen LogP contribution < -0.4 is 21.3 Å². The zero-order valence-electron chi connectivity index (χ0n) is 34.2. The Labute approximate surface area is 347 Å². The van der Waals surface area contributed by atoms with Gasteiger partial charge in [0.25, 0.3) is 0 Å². The summed E-state index contributed by atoms with van der Waals surface area (Å²) < 4.78 is 0. The molecule has 4 N–H and O–H groups in total. The number of aromatic nitrogens is 1. The third-order valence-corrected chi connectivity index (χ3v) is 11.1. The Morgan fingerprint density at radius 2 is 0.932 bits per heavy atom. The van der Waals surface area contributed by atoms with Gasteiger partial charge in [-0.2, -0.15) is 0 Å². The summed E-state index contributed by atoms with van der Waals surface area (Å²) in [5, 5.41) is 15.5. The highest BCUT2D eigenvalue weighted by atomic mass is 15.4. The van der Waals surface area contributed by atoms with Gasteiger partial charge in [-0.1, -0.05) is 138 Å². The molecule has 3 atom stereocenters. The maximum atomic E-state index is 5.35. The predicted octanol–water partition coefficient (Wildman–Crippen LogP) is 10.6. The highest BCUT2D eigenvalue weighted by Crippen LogP contribution is 2.34. The third kappa shape index (κ3) is 8.54. The Kier molecular flexibility index (Phi) is 10.6. The SMILES string of the molecule is Cc1cccc(C2=NC(c3cc(-c4ccc(-c5cccc(C)n5)cc4)cc(C4NC(c5cccc(C)c5)NC(c5cccc(C)c5)N4)c3)NC(c3cccc(C)c3)=N2)c1. The van der Waals surface area contributed by atoms with E-state index in [9.17, 15) is 0 Å². The maximum absolute atomic E-state index is 5.35. The molecule has 7 nitrogen and oxygen atoms in total. The molecule has 7 aromatic rings. The van der Waals surface area contributed by atoms with Gasteiger partial charge < -0.3 is 5.32 Å². The largest absolute Gasteiger partial charge is 0.344 e. The number of aryl methyl sites for hydroxylation is 5. The van der Waals surface area contributed by atoms with Crippen molar-refractivity contribution in [2.45, 2.75) is 59.3 Å². The lowest BCUT2D eigenvalue weighted by atomic mass is 9.94. The molecular formula is C52H49N7. The van der Waals surface area contributed by atoms with Crippen LogP contribution in [0.15, 0.2) is 168 Å². The Hall–Kier alpha value is -6.51. The number of amidine groups is 2. The van der Waals surface area contributed by atoms with Gasteiger partial charge in [0.2, 0.25) is 0 Å². The fraction of sp³-hybridized carbons (Fsp3) is 0.173. The van der Waals surface area contributed by atoms with Crippen molar-refractivity contribution < 1.29 is 0 Å². The number of hydrogen-bond acceptors (Lipinski definition) is 7. The second kappa shape index (κ2) is 16.4. The second-order valence-electron chi connectivity index (χ2n) is 16.0. The molecule has 59 heavy (non-hydrogen) atoms. The molecule has 9 rings (SSSR count). The molecule has 292 valence electrons. The van der Waals surface area contributed by atoms with Crippen LogP contribution in [0.4, 0.5) is 0 Å². The molecular weight excluding hydrogens is 723 g/mol. The van der Waals surface area contributed by atoms with Crippen LogP contribution in [0.2, 0.25) is 0 Å². The number of nitrogens with zero attached hydrogens (tertiary/aromatic N) is 3. The van der Waals surface area contributed by atoms with Crippen molar-refractivity contribution in [2.24, 2.45) is 9.98 Å². The summed E-state index contributed by atoms with van der Waals surface area (Å²) in [6.45, 7) is 10.5. The van der Waals surface area contributed by atoms with E-state index in [4.69, 9.17) is 15.0 Å². The van der Waals surface area contributed by atoms with E-state index in [1.54, 1.807) is 0 Å². The molecule has 1 aromatic heterocycles. The number of benzene rings is 6. The zero-order valence-corrected chi connectivity index (χ0v) is 34.2. The number of rotatable bonds is 8. The summed E-state index contributed by atoms with van der Waals surface area (Å²) in [4.78, 5) is 15.3. The first-order chi connectivity index (χ1) is 28.7. The summed E-state index contributed by atoms with van der Waals surface area (Å²) in [5.41, 5.74) is 16.5. The molecule has 0 spiro atoms. The fourth-order valence-corrected chi connectivity index (χ4v) is 8.10. The minimum absolute atomic E-state index is 0.112. The average molecular weight is 772 g/mol. The van der Waals surface area contributed by atoms with Gasteiger partial charge in [-0.3, -0.25) is 20.9 Å². The smallest absolute Gasteiger partial charge is 0.159 e. The van der Waals surface area contributed by atoms with Gasteiger partial charge in [-0.05, 0) is 110 Å². The van der Waals surface area contributed by atoms with E-state index < -0.39 is 6.17 Å². The number of aliphatic imine (C=N–C) groups is 2. The zero-order chi connectivity index (χ0) is 40.5. The number of pyridine rings is 1. The quantitative estimate of drug-likeness (QED) is 0.124. The van der Waals surface area contributed by atoms with E-state index in [1.807, 2.05) is 13.0 Å². The number of hydrogen-bond donors (Lipinski definition) is 4. The van der Waals surface area contributed by atoms with Crippen LogP contribution >= 0.6 is 0 Å². The van der Waals surface area contributed by atoms with E-state index in [-0.39, 0.29) is 18.5 Å². The molecule has 0 saturated carbocycles. The highest BCUT2D eigenvalue weighted by Gasteiger charge is 2.31. The third-order valence-electron chi connectivity index (χ3n) is 11.1. The summed E-state index contributed by atoms with van der Waals surface area (Å²) in [5.74, 6) is 1.50. The van der Waals surface area contributed by atoms with Gasteiger partial charge in [0.05, 0.1) is 24.2 Å². The molecule has 0 bridgehead atoms. The minimum Gasteiger partial charge on any atom is -0.344 e. The molecule has 0 radical (unpaired) electrons. The van der Waals surface area contributed by atoms with Gasteiger partial charge in [-0.25, -0.2) is 9.98 Å². The average Bonchev–Trinajstić information content (AvgIpc) is 3.26. The molecule has 1 fully saturated rings. The molecule has 6 aromatic carbocycles. The van der Waals surface area contributed by atoms with E-state index in [2.05, 4.69) is 201 Å². The fourth-order valence-electron chi connectivity index (χ4n) is 8.10. The van der Waals surface area contributed by atoms with Gasteiger partial charge in [0, 0.05) is 22.4 Å². The van der Waals surface area contributed by atoms with E-state index in [0.29, 0.717) is 5.84 Å². The lowest BCUT2D eigenvalue weighted by molar-refractivity contribution is 0.203. The van der Waals surface area contributed by atoms with Crippen molar-refractivity contribution in [3.63, 3.8) is 0 Å². The summed E-state index contributed by atoms with van der Waals surface area (Å²) in [7, 11) is 0. The summed E-state index contributed by atoms with van der Waals surface area (Å²) in [6, 6.07) is 56.1. The molecule has 3 heterocycles. The first-order valence-electron chi connectivity index (χ1n) is 20.4. The molecule has 3 unspecified atom stereocenters. The number of nitrogens with one attached hydrogen (secondary N) is 4. The Morgan fingerprint density at radius 1 is 0.407 bits per heavy atom. The van der Waals surface area contributed by atoms with Crippen LogP contribution in [0.25, 0.3) is 22.4 Å². The lowest BCUT2D eigenvalue weighted by Crippen LogP contribution is -2.54. The van der Waals surface area contributed by atoms with Crippen LogP contribution in [-0.2, 0) is 0 Å². The minimum atomic E-state index is -0.408. The van der Waals surface area contributed by atoms with Crippen molar-refractivity contribution in [3.8, 4) is 22.4 Å². The van der Waals surface area contributed by atoms with Crippen LogP contribution in [0, 0.1) is 34.6 Å². The topological polar surface area (TPSA) is 85.7 Å². The van der Waals surface area contributed by atoms with Crippen LogP contribution in [-0.4, -0.2) is 16.7 Å². The molecule has 7 heteroatoms. The molecule has 0 amide bonds. The van der Waals surface area contributed by atoms with Crippen LogP contribution in [0.1, 0.15) is 86.0 Å². The Morgan fingerprint density at radius 3 is 1.54 bits per heavy atom. The predicted molar refractivity (Wildman–Crippen MR) is 241 cm³/mol. The molecule has 2 aliphatic rings. The molecule has 2 aliphatic heterocycles. The standard InChI is InChI=1S/C52H49N7/c1-32-11-6-16-39(25-32)47-54-48(40-17-7-12-33(2)26-40)57-51(56-47)44-29-43(37-21-23-38(24-22-37)46-20-10-15-36(5)53-46)30-45(31-44)52-58-49(41-18-8-13-34(3)27-41)55-50(59-52)42-19-9-14-35(4)28-42/h6-31,47-48,51-52,54,56-57H,1-5H3,(H,55,58,59). The van der Waals surface area contributed by atoms with Gasteiger partial charge in [-0.15, -0.1) is 0 Å². The van der Waals surface area contributed by atoms with Crippen molar-refractivity contribution in [2.75, 3.05) is 0 Å². The molecule has 0 aliphatic carbocycles. The van der Waals surface area contributed by atoms with E-state index >= 15 is 0 Å². The van der Waals surface area contributed by atoms with E-state index in [0.717, 1.165) is 61.7 Å². The summed E-state index contributed by atoms with van der Waals surface area (Å²) >= 11 is 0. The van der Waals surface area contributed by atoms with E-state index in [1.165, 1.54) is 27.8 Å². The van der Waals surface area contributed by atoms with Gasteiger partial charge in [0.1, 0.15) is 12.0 Å². The van der Waals surface area contributed by atoms with Gasteiger partial charge in [0.15, 0.2) is 5.84 Å². The van der Waals surface area contributed by atoms with Crippen LogP contribution in [0.5, 0.6) is 0 Å². The lowest BCUT2D eigenvalue weighted by Gasteiger charge is -2.40. The van der Waals surface area contributed by atoms with Crippen molar-refractivity contribution in [1.29, 1.82) is 0 Å². The van der Waals surface area contributed by atoms with Crippen molar-refractivity contribution in [3.05, 3.63) is 219 Å². The van der Waals surface area contributed by atoms with Gasteiger partial charge >= 0.3 is 0 Å².